The fraction of sp³-hybridized carbons (Fsp3) is 0.115. The van der Waals surface area contributed by atoms with E-state index in [1.807, 2.05) is 0 Å². The first-order chi connectivity index (χ1) is 16.5. The average Bonchev–Trinajstić information content (AvgIpc) is 3.43. The third-order valence-corrected chi connectivity index (χ3v) is 5.78. The maximum absolute atomic E-state index is 13.7. The molecular formula is C26H20N2O6. The van der Waals surface area contributed by atoms with Crippen molar-refractivity contribution in [1.82, 2.24) is 4.98 Å². The molecule has 2 aromatic heterocycles. The van der Waals surface area contributed by atoms with Crippen LogP contribution in [0.4, 0.5) is 5.69 Å². The Bertz CT molecular complexity index is 1420. The summed E-state index contributed by atoms with van der Waals surface area (Å²) in [5, 5.41) is 11.6. The molecule has 1 N–H and O–H groups in total. The van der Waals surface area contributed by atoms with Gasteiger partial charge in [0.05, 0.1) is 25.8 Å². The highest BCUT2D eigenvalue weighted by Gasteiger charge is 2.45. The number of pyridine rings is 1. The van der Waals surface area contributed by atoms with Crippen LogP contribution in [0.25, 0.3) is 11.0 Å². The molecule has 0 bridgehead atoms. The lowest BCUT2D eigenvalue weighted by Gasteiger charge is -2.26. The van der Waals surface area contributed by atoms with Crippen LogP contribution in [0.15, 0.2) is 88.8 Å². The van der Waals surface area contributed by atoms with Crippen molar-refractivity contribution in [2.75, 3.05) is 19.1 Å². The molecule has 0 radical (unpaired) electrons. The van der Waals surface area contributed by atoms with E-state index in [4.69, 9.17) is 13.9 Å². The van der Waals surface area contributed by atoms with E-state index in [0.29, 0.717) is 33.7 Å². The number of ketones is 1. The van der Waals surface area contributed by atoms with E-state index < -0.39 is 23.5 Å². The first kappa shape index (κ1) is 21.3. The molecule has 4 aromatic rings. The van der Waals surface area contributed by atoms with Gasteiger partial charge in [-0.25, -0.2) is 0 Å². The number of aromatic nitrogens is 1. The number of methoxy groups -OCH3 is 2. The smallest absolute Gasteiger partial charge is 0.294 e. The van der Waals surface area contributed by atoms with Crippen LogP contribution in [0.2, 0.25) is 0 Å². The van der Waals surface area contributed by atoms with E-state index in [9.17, 15) is 14.7 Å². The summed E-state index contributed by atoms with van der Waals surface area (Å²) in [6, 6.07) is 16.2. The van der Waals surface area contributed by atoms with Gasteiger partial charge in [-0.1, -0.05) is 12.1 Å². The van der Waals surface area contributed by atoms with Crippen LogP contribution in [0.1, 0.15) is 22.2 Å². The van der Waals surface area contributed by atoms with E-state index in [1.165, 1.54) is 12.0 Å². The Labute approximate surface area is 194 Å². The summed E-state index contributed by atoms with van der Waals surface area (Å²) in [6.45, 7) is 0. The van der Waals surface area contributed by atoms with Crippen LogP contribution in [-0.2, 0) is 4.79 Å². The highest BCUT2D eigenvalue weighted by atomic mass is 16.5. The standard InChI is InChI=1S/C26H20N2O6/c1-32-18-8-6-17(7-9-18)28-22(15-10-12-27-13-11-15)21(24(30)26(28)31)23(29)20-14-16-4-3-5-19(33-2)25(16)34-20/h3-14,22,30H,1-2H3. The zero-order valence-electron chi connectivity index (χ0n) is 18.4. The van der Waals surface area contributed by atoms with Gasteiger partial charge in [-0.15, -0.1) is 0 Å². The summed E-state index contributed by atoms with van der Waals surface area (Å²) in [4.78, 5) is 32.3. The largest absolute Gasteiger partial charge is 0.503 e. The molecule has 0 spiro atoms. The lowest BCUT2D eigenvalue weighted by Crippen LogP contribution is -2.31. The molecule has 0 aliphatic carbocycles. The van der Waals surface area contributed by atoms with Gasteiger partial charge in [-0.05, 0) is 54.1 Å². The third kappa shape index (κ3) is 3.36. The summed E-state index contributed by atoms with van der Waals surface area (Å²) >= 11 is 0. The van der Waals surface area contributed by atoms with Crippen molar-refractivity contribution in [1.29, 1.82) is 0 Å². The molecule has 1 unspecified atom stereocenters. The number of anilines is 1. The summed E-state index contributed by atoms with van der Waals surface area (Å²) in [5.74, 6) is -0.839. The number of ether oxygens (including phenoxy) is 2. The van der Waals surface area contributed by atoms with Gasteiger partial charge in [0.15, 0.2) is 22.9 Å². The molecule has 5 rings (SSSR count). The minimum Gasteiger partial charge on any atom is -0.503 e. The maximum Gasteiger partial charge on any atom is 0.294 e. The second kappa shape index (κ2) is 8.40. The quantitative estimate of drug-likeness (QED) is 0.422. The van der Waals surface area contributed by atoms with Crippen molar-refractivity contribution in [3.63, 3.8) is 0 Å². The summed E-state index contributed by atoms with van der Waals surface area (Å²) in [7, 11) is 3.05. The number of aliphatic hydroxyl groups excluding tert-OH is 1. The topological polar surface area (TPSA) is 102 Å². The SMILES string of the molecule is COc1ccc(N2C(=O)C(O)=C(C(=O)c3cc4cccc(OC)c4o3)C2c2ccncc2)cc1. The molecule has 8 nitrogen and oxygen atoms in total. The van der Waals surface area contributed by atoms with Crippen LogP contribution in [0, 0.1) is 0 Å². The number of furan rings is 1. The normalized spacial score (nSPS) is 15.8. The van der Waals surface area contributed by atoms with Crippen molar-refractivity contribution in [2.24, 2.45) is 0 Å². The van der Waals surface area contributed by atoms with Crippen molar-refractivity contribution >= 4 is 28.3 Å². The lowest BCUT2D eigenvalue weighted by molar-refractivity contribution is -0.117. The molecule has 0 saturated heterocycles. The Kier molecular flexibility index (Phi) is 5.25. The van der Waals surface area contributed by atoms with Crippen molar-refractivity contribution < 1.29 is 28.6 Å². The molecule has 8 heteroatoms. The predicted octanol–water partition coefficient (Wildman–Crippen LogP) is 4.63. The van der Waals surface area contributed by atoms with E-state index in [-0.39, 0.29) is 11.3 Å². The number of fused-ring (bicyclic) bond motifs is 1. The lowest BCUT2D eigenvalue weighted by atomic mass is 9.95. The van der Waals surface area contributed by atoms with E-state index in [2.05, 4.69) is 4.98 Å². The van der Waals surface area contributed by atoms with Gasteiger partial charge in [0.2, 0.25) is 5.78 Å². The van der Waals surface area contributed by atoms with Crippen molar-refractivity contribution in [3.8, 4) is 11.5 Å². The minimum absolute atomic E-state index is 0.00973. The van der Waals surface area contributed by atoms with Gasteiger partial charge in [0.1, 0.15) is 5.75 Å². The van der Waals surface area contributed by atoms with E-state index in [1.54, 1.807) is 80.2 Å². The van der Waals surface area contributed by atoms with Crippen LogP contribution in [0.3, 0.4) is 0 Å². The van der Waals surface area contributed by atoms with Crippen LogP contribution in [-0.4, -0.2) is 36.0 Å². The van der Waals surface area contributed by atoms with Crippen molar-refractivity contribution in [2.45, 2.75) is 6.04 Å². The number of benzene rings is 2. The zero-order chi connectivity index (χ0) is 23.8. The number of aliphatic hydroxyl groups is 1. The highest BCUT2D eigenvalue weighted by molar-refractivity contribution is 6.20. The molecule has 1 aliphatic heterocycles. The van der Waals surface area contributed by atoms with Gasteiger partial charge in [-0.3, -0.25) is 19.5 Å². The zero-order valence-corrected chi connectivity index (χ0v) is 18.4. The first-order valence-electron chi connectivity index (χ1n) is 10.5. The van der Waals surface area contributed by atoms with Crippen molar-refractivity contribution in [3.05, 3.63) is 95.7 Å². The Balaban J connectivity index is 1.64. The Morgan fingerprint density at radius 2 is 1.76 bits per heavy atom. The molecule has 3 heterocycles. The highest BCUT2D eigenvalue weighted by Crippen LogP contribution is 2.42. The minimum atomic E-state index is -0.883. The Morgan fingerprint density at radius 1 is 1.03 bits per heavy atom. The summed E-state index contributed by atoms with van der Waals surface area (Å²) in [6.07, 6.45) is 3.13. The number of carbonyl (C=O) groups is 2. The number of rotatable bonds is 6. The number of amides is 1. The number of nitrogens with zero attached hydrogens (tertiary/aromatic N) is 2. The van der Waals surface area contributed by atoms with E-state index >= 15 is 0 Å². The predicted molar refractivity (Wildman–Crippen MR) is 124 cm³/mol. The fourth-order valence-electron chi connectivity index (χ4n) is 4.15. The summed E-state index contributed by atoms with van der Waals surface area (Å²) in [5.41, 5.74) is 1.43. The molecule has 1 amide bonds. The number of Topliss-reactive ketones (excluding diaryl/α,β-unsaturated/α-hetero) is 1. The van der Waals surface area contributed by atoms with Crippen LogP contribution in [0.5, 0.6) is 11.5 Å². The monoisotopic (exact) mass is 456 g/mol. The molecule has 34 heavy (non-hydrogen) atoms. The molecule has 1 atom stereocenters. The van der Waals surface area contributed by atoms with Gasteiger partial charge in [0, 0.05) is 23.5 Å². The Morgan fingerprint density at radius 3 is 2.44 bits per heavy atom. The maximum atomic E-state index is 13.7. The average molecular weight is 456 g/mol. The molecule has 0 saturated carbocycles. The number of carbonyl (C=O) groups excluding carboxylic acids is 2. The number of hydrogen-bond acceptors (Lipinski definition) is 7. The molecule has 170 valence electrons. The first-order valence-corrected chi connectivity index (χ1v) is 10.5. The molecular weight excluding hydrogens is 436 g/mol. The molecule has 0 fully saturated rings. The van der Waals surface area contributed by atoms with Crippen LogP contribution >= 0.6 is 0 Å². The third-order valence-electron chi connectivity index (χ3n) is 5.78. The number of hydrogen-bond donors (Lipinski definition) is 1. The van der Waals surface area contributed by atoms with Gasteiger partial charge < -0.3 is 19.0 Å². The van der Waals surface area contributed by atoms with Crippen LogP contribution < -0.4 is 14.4 Å². The van der Waals surface area contributed by atoms with Gasteiger partial charge in [-0.2, -0.15) is 0 Å². The second-order valence-electron chi connectivity index (χ2n) is 7.64. The van der Waals surface area contributed by atoms with Gasteiger partial charge >= 0.3 is 0 Å². The second-order valence-corrected chi connectivity index (χ2v) is 7.64. The summed E-state index contributed by atoms with van der Waals surface area (Å²) < 4.78 is 16.4. The fourth-order valence-corrected chi connectivity index (χ4v) is 4.15. The Hall–Kier alpha value is -4.59. The molecule has 2 aromatic carbocycles. The number of para-hydroxylation sites is 1. The van der Waals surface area contributed by atoms with E-state index in [0.717, 1.165) is 0 Å². The molecule has 1 aliphatic rings. The van der Waals surface area contributed by atoms with Gasteiger partial charge in [0.25, 0.3) is 5.91 Å².